The highest BCUT2D eigenvalue weighted by Crippen LogP contribution is 2.30. The lowest BCUT2D eigenvalue weighted by atomic mass is 10.2. The maximum Gasteiger partial charge on any atom is 0.142 e. The molecule has 0 saturated heterocycles. The Morgan fingerprint density at radius 3 is 2.75 bits per heavy atom. The fourth-order valence-electron chi connectivity index (χ4n) is 2.17. The molecular formula is C16H17N3O. The van der Waals surface area contributed by atoms with Gasteiger partial charge in [-0.15, -0.1) is 0 Å². The molecule has 0 aliphatic heterocycles. The van der Waals surface area contributed by atoms with Gasteiger partial charge in [-0.25, -0.2) is 4.98 Å². The summed E-state index contributed by atoms with van der Waals surface area (Å²) in [6.45, 7) is 4.02. The molecule has 0 aliphatic carbocycles. The van der Waals surface area contributed by atoms with Gasteiger partial charge >= 0.3 is 0 Å². The van der Waals surface area contributed by atoms with E-state index in [2.05, 4.69) is 9.97 Å². The number of nitrogens with zero attached hydrogens (tertiary/aromatic N) is 1. The number of aromatic nitrogens is 2. The Kier molecular flexibility index (Phi) is 3.06. The summed E-state index contributed by atoms with van der Waals surface area (Å²) in [7, 11) is 0. The Hall–Kier alpha value is -2.49. The van der Waals surface area contributed by atoms with E-state index in [1.807, 2.05) is 56.3 Å². The molecule has 3 N–H and O–H groups in total. The van der Waals surface area contributed by atoms with E-state index < -0.39 is 0 Å². The number of nitrogens with two attached hydrogens (primary N) is 1. The van der Waals surface area contributed by atoms with Crippen LogP contribution in [-0.2, 0) is 0 Å². The van der Waals surface area contributed by atoms with E-state index in [9.17, 15) is 0 Å². The molecule has 4 nitrogen and oxygen atoms in total. The summed E-state index contributed by atoms with van der Waals surface area (Å²) in [5.74, 6) is 1.62. The Morgan fingerprint density at radius 1 is 1.15 bits per heavy atom. The van der Waals surface area contributed by atoms with Crippen LogP contribution in [0.3, 0.4) is 0 Å². The van der Waals surface area contributed by atoms with Gasteiger partial charge in [0.1, 0.15) is 11.6 Å². The molecule has 20 heavy (non-hydrogen) atoms. The lowest BCUT2D eigenvalue weighted by Crippen LogP contribution is -2.06. The summed E-state index contributed by atoms with van der Waals surface area (Å²) >= 11 is 0. The lowest BCUT2D eigenvalue weighted by Gasteiger charge is -2.12. The first-order chi connectivity index (χ1) is 9.63. The van der Waals surface area contributed by atoms with Gasteiger partial charge in [0.2, 0.25) is 0 Å². The molecule has 2 aromatic carbocycles. The fraction of sp³-hybridized carbons (Fsp3) is 0.188. The molecule has 102 valence electrons. The minimum Gasteiger partial charge on any atom is -0.490 e. The van der Waals surface area contributed by atoms with Crippen LogP contribution in [0.1, 0.15) is 13.8 Å². The second-order valence-electron chi connectivity index (χ2n) is 5.02. The van der Waals surface area contributed by atoms with Crippen LogP contribution in [0.2, 0.25) is 0 Å². The number of benzene rings is 2. The van der Waals surface area contributed by atoms with E-state index in [1.165, 1.54) is 0 Å². The zero-order chi connectivity index (χ0) is 14.1. The Balaban J connectivity index is 2.10. The second-order valence-corrected chi connectivity index (χ2v) is 5.02. The highest BCUT2D eigenvalue weighted by molar-refractivity contribution is 5.83. The number of fused-ring (bicyclic) bond motifs is 1. The highest BCUT2D eigenvalue weighted by atomic mass is 16.5. The number of nitrogens with one attached hydrogen (secondary N) is 1. The van der Waals surface area contributed by atoms with Crippen molar-refractivity contribution < 1.29 is 4.74 Å². The number of aromatic amines is 1. The van der Waals surface area contributed by atoms with E-state index >= 15 is 0 Å². The number of hydrogen-bond acceptors (Lipinski definition) is 3. The molecule has 0 saturated carbocycles. The van der Waals surface area contributed by atoms with Crippen LogP contribution in [0, 0.1) is 0 Å². The summed E-state index contributed by atoms with van der Waals surface area (Å²) in [4.78, 5) is 7.90. The minimum atomic E-state index is 0.121. The molecule has 0 aliphatic rings. The van der Waals surface area contributed by atoms with Gasteiger partial charge in [-0.2, -0.15) is 0 Å². The van der Waals surface area contributed by atoms with E-state index in [-0.39, 0.29) is 6.10 Å². The molecule has 0 unspecified atom stereocenters. The van der Waals surface area contributed by atoms with Crippen LogP contribution in [0.15, 0.2) is 42.5 Å². The van der Waals surface area contributed by atoms with Crippen molar-refractivity contribution in [3.05, 3.63) is 42.5 Å². The van der Waals surface area contributed by atoms with Gasteiger partial charge in [-0.3, -0.25) is 0 Å². The molecule has 0 spiro atoms. The van der Waals surface area contributed by atoms with Gasteiger partial charge < -0.3 is 15.5 Å². The van der Waals surface area contributed by atoms with Crippen molar-refractivity contribution in [1.29, 1.82) is 0 Å². The third-order valence-corrected chi connectivity index (χ3v) is 3.01. The predicted molar refractivity (Wildman–Crippen MR) is 81.7 cm³/mol. The number of nitrogen functional groups attached to an aromatic ring is 1. The molecule has 3 rings (SSSR count). The summed E-state index contributed by atoms with van der Waals surface area (Å²) in [6, 6.07) is 13.5. The molecule has 3 aromatic rings. The summed E-state index contributed by atoms with van der Waals surface area (Å²) in [5.41, 5.74) is 9.30. The average Bonchev–Trinajstić information content (AvgIpc) is 2.81. The number of H-pyrrole nitrogens is 1. The van der Waals surface area contributed by atoms with Crippen LogP contribution in [0.5, 0.6) is 5.75 Å². The monoisotopic (exact) mass is 267 g/mol. The van der Waals surface area contributed by atoms with Crippen molar-refractivity contribution in [2.45, 2.75) is 20.0 Å². The topological polar surface area (TPSA) is 63.9 Å². The summed E-state index contributed by atoms with van der Waals surface area (Å²) < 4.78 is 5.83. The maximum atomic E-state index is 5.83. The molecule has 1 heterocycles. The van der Waals surface area contributed by atoms with Crippen molar-refractivity contribution in [1.82, 2.24) is 9.97 Å². The van der Waals surface area contributed by atoms with E-state index in [0.717, 1.165) is 33.9 Å². The van der Waals surface area contributed by atoms with E-state index in [1.54, 1.807) is 0 Å². The third-order valence-electron chi connectivity index (χ3n) is 3.01. The van der Waals surface area contributed by atoms with E-state index in [4.69, 9.17) is 10.5 Å². The van der Waals surface area contributed by atoms with Gasteiger partial charge in [0, 0.05) is 5.69 Å². The lowest BCUT2D eigenvalue weighted by molar-refractivity contribution is 0.243. The van der Waals surface area contributed by atoms with Crippen LogP contribution in [0.4, 0.5) is 5.69 Å². The molecular weight excluding hydrogens is 250 g/mol. The normalized spacial score (nSPS) is 11.2. The summed E-state index contributed by atoms with van der Waals surface area (Å²) in [6.07, 6.45) is 0.121. The molecule has 0 atom stereocenters. The zero-order valence-electron chi connectivity index (χ0n) is 11.6. The predicted octanol–water partition coefficient (Wildman–Crippen LogP) is 3.60. The Bertz CT molecular complexity index is 746. The van der Waals surface area contributed by atoms with Crippen molar-refractivity contribution in [3.63, 3.8) is 0 Å². The number of ether oxygens (including phenoxy) is 1. The van der Waals surface area contributed by atoms with Gasteiger partial charge in [0.25, 0.3) is 0 Å². The first kappa shape index (κ1) is 12.5. The van der Waals surface area contributed by atoms with Crippen LogP contribution in [0.25, 0.3) is 22.4 Å². The standard InChI is InChI=1S/C16H17N3O/c1-10(2)20-15-6-4-3-5-12(15)16-18-13-8-7-11(17)9-14(13)19-16/h3-10H,17H2,1-2H3,(H,18,19). The van der Waals surface area contributed by atoms with Crippen molar-refractivity contribution in [2.24, 2.45) is 0 Å². The van der Waals surface area contributed by atoms with Gasteiger partial charge in [0.15, 0.2) is 0 Å². The van der Waals surface area contributed by atoms with Gasteiger partial charge in [0.05, 0.1) is 22.7 Å². The number of hydrogen-bond donors (Lipinski definition) is 2. The van der Waals surface area contributed by atoms with Gasteiger partial charge in [-0.1, -0.05) is 12.1 Å². The van der Waals surface area contributed by atoms with Gasteiger partial charge in [-0.05, 0) is 44.2 Å². The van der Waals surface area contributed by atoms with Crippen molar-refractivity contribution >= 4 is 16.7 Å². The molecule has 0 radical (unpaired) electrons. The second kappa shape index (κ2) is 4.89. The first-order valence-corrected chi connectivity index (χ1v) is 6.65. The van der Waals surface area contributed by atoms with Crippen molar-refractivity contribution in [3.8, 4) is 17.1 Å². The third kappa shape index (κ3) is 2.32. The first-order valence-electron chi connectivity index (χ1n) is 6.65. The van der Waals surface area contributed by atoms with Crippen LogP contribution < -0.4 is 10.5 Å². The van der Waals surface area contributed by atoms with Crippen molar-refractivity contribution in [2.75, 3.05) is 5.73 Å². The van der Waals surface area contributed by atoms with E-state index in [0.29, 0.717) is 0 Å². The SMILES string of the molecule is CC(C)Oc1ccccc1-c1nc2ccc(N)cc2[nH]1. The molecule has 1 aromatic heterocycles. The Labute approximate surface area is 117 Å². The number of anilines is 1. The average molecular weight is 267 g/mol. The smallest absolute Gasteiger partial charge is 0.142 e. The Morgan fingerprint density at radius 2 is 1.95 bits per heavy atom. The number of para-hydroxylation sites is 1. The number of rotatable bonds is 3. The molecule has 0 fully saturated rings. The molecule has 0 bridgehead atoms. The maximum absolute atomic E-state index is 5.83. The number of imidazole rings is 1. The summed E-state index contributed by atoms with van der Waals surface area (Å²) in [5, 5.41) is 0. The molecule has 0 amide bonds. The zero-order valence-corrected chi connectivity index (χ0v) is 11.6. The fourth-order valence-corrected chi connectivity index (χ4v) is 2.17. The van der Waals surface area contributed by atoms with Crippen LogP contribution >= 0.6 is 0 Å². The highest BCUT2D eigenvalue weighted by Gasteiger charge is 2.11. The van der Waals surface area contributed by atoms with Crippen LogP contribution in [-0.4, -0.2) is 16.1 Å². The molecule has 4 heteroatoms. The quantitative estimate of drug-likeness (QED) is 0.713. The minimum absolute atomic E-state index is 0.121. The largest absolute Gasteiger partial charge is 0.490 e.